The van der Waals surface area contributed by atoms with Crippen molar-refractivity contribution in [3.63, 3.8) is 0 Å². The van der Waals surface area contributed by atoms with Crippen LogP contribution in [0.25, 0.3) is 82.0 Å². The summed E-state index contributed by atoms with van der Waals surface area (Å²) in [5.41, 5.74) is 15.2. The van der Waals surface area contributed by atoms with Crippen LogP contribution >= 0.6 is 0 Å². The molecule has 3 nitrogen and oxygen atoms in total. The van der Waals surface area contributed by atoms with Crippen molar-refractivity contribution in [2.75, 3.05) is 0 Å². The van der Waals surface area contributed by atoms with Crippen LogP contribution in [0.15, 0.2) is 187 Å². The van der Waals surface area contributed by atoms with E-state index in [0.29, 0.717) is 0 Å². The summed E-state index contributed by atoms with van der Waals surface area (Å²) in [4.78, 5) is 5.69. The fourth-order valence-corrected chi connectivity index (χ4v) is 11.5. The van der Waals surface area contributed by atoms with Gasteiger partial charge in [-0.3, -0.25) is 4.57 Å². The summed E-state index contributed by atoms with van der Waals surface area (Å²) in [7, 11) is 0. The van der Waals surface area contributed by atoms with E-state index < -0.39 is 0 Å². The van der Waals surface area contributed by atoms with Gasteiger partial charge < -0.3 is 4.57 Å². The number of nitrogens with zero attached hydrogens (tertiary/aromatic N) is 3. The Morgan fingerprint density at radius 1 is 0.508 bits per heavy atom. The van der Waals surface area contributed by atoms with E-state index in [2.05, 4.69) is 212 Å². The quantitative estimate of drug-likeness (QED) is 0.170. The Labute approximate surface area is 354 Å². The third-order valence-electron chi connectivity index (χ3n) is 14.3. The van der Waals surface area contributed by atoms with E-state index in [1.807, 2.05) is 0 Å². The van der Waals surface area contributed by atoms with Crippen molar-refractivity contribution in [2.45, 2.75) is 38.5 Å². The van der Waals surface area contributed by atoms with E-state index >= 15 is 0 Å². The van der Waals surface area contributed by atoms with Crippen molar-refractivity contribution in [1.29, 1.82) is 0 Å². The number of hydrogen-bond donors (Lipinski definition) is 0. The molecule has 0 radical (unpaired) electrons. The molecule has 2 aliphatic rings. The molecular weight excluding hydrogens is 739 g/mol. The lowest BCUT2D eigenvalue weighted by Crippen LogP contribution is -2.31. The molecule has 9 aromatic carbocycles. The molecule has 1 aliphatic carbocycles. The fourth-order valence-electron chi connectivity index (χ4n) is 11.5. The molecule has 0 N–H and O–H groups in total. The Balaban J connectivity index is 1.07. The number of benzene rings is 9. The molecule has 0 amide bonds. The van der Waals surface area contributed by atoms with Crippen LogP contribution in [0.3, 0.4) is 0 Å². The average Bonchev–Trinajstić information content (AvgIpc) is 3.91. The Bertz CT molecular complexity index is 3690. The molecule has 0 spiro atoms. The largest absolute Gasteiger partial charge is 0.309 e. The second kappa shape index (κ2) is 12.6. The van der Waals surface area contributed by atoms with E-state index in [1.165, 1.54) is 98.5 Å². The second-order valence-electron chi connectivity index (χ2n) is 17.7. The van der Waals surface area contributed by atoms with Gasteiger partial charge in [-0.05, 0) is 92.4 Å². The summed E-state index contributed by atoms with van der Waals surface area (Å²) in [5, 5.41) is 10.0. The molecule has 1 aliphatic heterocycles. The minimum absolute atomic E-state index is 0.0804. The molecule has 1 unspecified atom stereocenters. The predicted molar refractivity (Wildman–Crippen MR) is 257 cm³/mol. The first-order chi connectivity index (χ1) is 30.0. The fraction of sp³-hybridized carbons (Fsp3) is 0.121. The molecule has 290 valence electrons. The van der Waals surface area contributed by atoms with Gasteiger partial charge in [0.25, 0.3) is 0 Å². The van der Waals surface area contributed by atoms with Crippen molar-refractivity contribution in [1.82, 2.24) is 9.13 Å². The van der Waals surface area contributed by atoms with Crippen LogP contribution < -0.4 is 0 Å². The minimum Gasteiger partial charge on any atom is -0.309 e. The molecule has 11 aromatic rings. The normalized spacial score (nSPS) is 16.7. The van der Waals surface area contributed by atoms with Crippen LogP contribution in [0.4, 0.5) is 5.69 Å². The maximum Gasteiger partial charge on any atom is 0.118 e. The van der Waals surface area contributed by atoms with Crippen molar-refractivity contribution in [2.24, 2.45) is 10.9 Å². The van der Waals surface area contributed by atoms with E-state index in [9.17, 15) is 0 Å². The Kier molecular flexibility index (Phi) is 7.17. The molecular formula is C58H43N3. The molecule has 3 heterocycles. The van der Waals surface area contributed by atoms with Gasteiger partial charge in [0.2, 0.25) is 0 Å². The highest BCUT2D eigenvalue weighted by atomic mass is 15.1. The van der Waals surface area contributed by atoms with Gasteiger partial charge in [0, 0.05) is 49.9 Å². The van der Waals surface area contributed by atoms with Crippen LogP contribution in [-0.2, 0) is 5.41 Å². The Hall–Kier alpha value is -7.23. The van der Waals surface area contributed by atoms with Crippen LogP contribution in [0.1, 0.15) is 55.4 Å². The van der Waals surface area contributed by atoms with Gasteiger partial charge in [-0.25, -0.2) is 4.99 Å². The lowest BCUT2D eigenvalue weighted by molar-refractivity contribution is 0.563. The number of para-hydroxylation sites is 2. The van der Waals surface area contributed by atoms with Crippen LogP contribution in [0.2, 0.25) is 0 Å². The lowest BCUT2D eigenvalue weighted by atomic mass is 9.74. The maximum absolute atomic E-state index is 5.69. The predicted octanol–water partition coefficient (Wildman–Crippen LogP) is 15.3. The molecule has 0 fully saturated rings. The topological polar surface area (TPSA) is 22.2 Å². The summed E-state index contributed by atoms with van der Waals surface area (Å²) in [6.45, 7) is 7.13. The summed E-state index contributed by atoms with van der Waals surface area (Å²) in [6, 6.07) is 68.0. The van der Waals surface area contributed by atoms with Gasteiger partial charge in [-0.15, -0.1) is 0 Å². The molecule has 0 bridgehead atoms. The lowest BCUT2D eigenvalue weighted by Gasteiger charge is -2.35. The highest BCUT2D eigenvalue weighted by Gasteiger charge is 2.39. The van der Waals surface area contributed by atoms with Gasteiger partial charge in [0.1, 0.15) is 5.84 Å². The van der Waals surface area contributed by atoms with Crippen molar-refractivity contribution >= 4 is 76.7 Å². The minimum atomic E-state index is -0.0804. The monoisotopic (exact) mass is 781 g/mol. The highest BCUT2D eigenvalue weighted by molar-refractivity contribution is 6.25. The van der Waals surface area contributed by atoms with Gasteiger partial charge in [-0.1, -0.05) is 166 Å². The first-order valence-electron chi connectivity index (χ1n) is 21.8. The van der Waals surface area contributed by atoms with Crippen LogP contribution in [0.5, 0.6) is 0 Å². The number of fused-ring (bicyclic) bond motifs is 14. The van der Waals surface area contributed by atoms with E-state index in [0.717, 1.165) is 23.6 Å². The van der Waals surface area contributed by atoms with E-state index in [1.54, 1.807) is 0 Å². The van der Waals surface area contributed by atoms with Crippen LogP contribution in [-0.4, -0.2) is 15.0 Å². The molecule has 2 aromatic heterocycles. The van der Waals surface area contributed by atoms with Gasteiger partial charge in [-0.2, -0.15) is 0 Å². The number of rotatable bonds is 3. The van der Waals surface area contributed by atoms with Crippen molar-refractivity contribution in [3.8, 4) is 16.8 Å². The molecule has 0 saturated heterocycles. The van der Waals surface area contributed by atoms with Gasteiger partial charge in [0.15, 0.2) is 0 Å². The summed E-state index contributed by atoms with van der Waals surface area (Å²) < 4.78 is 5.01. The first-order valence-corrected chi connectivity index (χ1v) is 21.8. The number of aromatic nitrogens is 2. The zero-order valence-electron chi connectivity index (χ0n) is 34.5. The molecule has 61 heavy (non-hydrogen) atoms. The molecule has 2 atom stereocenters. The molecule has 13 rings (SSSR count). The van der Waals surface area contributed by atoms with E-state index in [-0.39, 0.29) is 17.3 Å². The second-order valence-corrected chi connectivity index (χ2v) is 17.7. The first kappa shape index (κ1) is 34.6. The van der Waals surface area contributed by atoms with E-state index in [4.69, 9.17) is 4.99 Å². The summed E-state index contributed by atoms with van der Waals surface area (Å²) >= 11 is 0. The van der Waals surface area contributed by atoms with Crippen molar-refractivity contribution < 1.29 is 0 Å². The van der Waals surface area contributed by atoms with Gasteiger partial charge >= 0.3 is 0 Å². The average molecular weight is 782 g/mol. The standard InChI is InChI=1S/C58H43N3/c1-4-39-54(37-26-29-43-42-19-9-12-22-48(42)58(2,3)49(43)33-37)46-21-10-13-23-50(46)59-57(39)61-52-32-28-38(34-47(52)55-40-17-7-5-15-35(40)27-31-53(55)61)60-51-24-14-11-20-44(51)45-30-25-36-16-6-8-18-41(36)56(45)60/h5-34,39,54H,4H2,1-3H3/t39-,54?/m0/s1. The molecule has 3 heteroatoms. The SMILES string of the molecule is CC[C@@H]1C(n2c3ccc(-n4c5ccccc5c5ccc6ccccc6c54)cc3c3c4ccccc4ccc32)=Nc2ccccc2C1c1ccc2c(c1)C(C)(C)c1ccccc1-2. The Morgan fingerprint density at radius 3 is 2.05 bits per heavy atom. The maximum atomic E-state index is 5.69. The third-order valence-corrected chi connectivity index (χ3v) is 14.3. The molecule has 0 saturated carbocycles. The van der Waals surface area contributed by atoms with Crippen molar-refractivity contribution in [3.05, 3.63) is 204 Å². The third kappa shape index (κ3) is 4.72. The Morgan fingerprint density at radius 2 is 1.18 bits per heavy atom. The summed E-state index contributed by atoms with van der Waals surface area (Å²) in [6.07, 6.45) is 0.944. The highest BCUT2D eigenvalue weighted by Crippen LogP contribution is 2.52. The number of hydrogen-bond acceptors (Lipinski definition) is 1. The van der Waals surface area contributed by atoms with Gasteiger partial charge in [0.05, 0.1) is 27.8 Å². The smallest absolute Gasteiger partial charge is 0.118 e. The zero-order chi connectivity index (χ0) is 40.6. The van der Waals surface area contributed by atoms with Crippen LogP contribution in [0, 0.1) is 5.92 Å². The summed E-state index contributed by atoms with van der Waals surface area (Å²) in [5.74, 6) is 1.38. The number of aliphatic imine (C=N–C) groups is 1. The zero-order valence-corrected chi connectivity index (χ0v) is 34.5.